The molecule has 0 bridgehead atoms. The summed E-state index contributed by atoms with van der Waals surface area (Å²) in [6, 6.07) is 3.95. The van der Waals surface area contributed by atoms with Gasteiger partial charge in [0, 0.05) is 19.7 Å². The van der Waals surface area contributed by atoms with Gasteiger partial charge in [0.1, 0.15) is 11.5 Å². The Kier molecular flexibility index (Phi) is 3.75. The van der Waals surface area contributed by atoms with E-state index in [0.717, 1.165) is 18.9 Å². The van der Waals surface area contributed by atoms with Gasteiger partial charge in [-0.05, 0) is 30.9 Å². The molecule has 18 heavy (non-hydrogen) atoms. The number of aliphatic hydroxyl groups excluding tert-OH is 1. The Bertz CT molecular complexity index is 401. The minimum absolute atomic E-state index is 0.143. The second-order valence-electron chi connectivity index (χ2n) is 4.49. The van der Waals surface area contributed by atoms with E-state index in [4.69, 9.17) is 5.11 Å². The Labute approximate surface area is 103 Å². The lowest BCUT2D eigenvalue weighted by Crippen LogP contribution is -2.35. The highest BCUT2D eigenvalue weighted by atomic mass is 19.4. The summed E-state index contributed by atoms with van der Waals surface area (Å²) in [7, 11) is 0. The molecule has 1 fully saturated rings. The average Bonchev–Trinajstić information content (AvgIpc) is 2.38. The van der Waals surface area contributed by atoms with E-state index in [2.05, 4.69) is 4.98 Å². The smallest absolute Gasteiger partial charge is 0.396 e. The van der Waals surface area contributed by atoms with Gasteiger partial charge in [-0.3, -0.25) is 0 Å². The molecule has 0 spiro atoms. The third-order valence-electron chi connectivity index (χ3n) is 3.22. The van der Waals surface area contributed by atoms with Crippen LogP contribution in [0.5, 0.6) is 0 Å². The van der Waals surface area contributed by atoms with Gasteiger partial charge in [0.15, 0.2) is 0 Å². The van der Waals surface area contributed by atoms with Crippen LogP contribution in [0.1, 0.15) is 18.5 Å². The number of anilines is 1. The van der Waals surface area contributed by atoms with Crippen LogP contribution in [0.4, 0.5) is 19.0 Å². The third kappa shape index (κ3) is 2.93. The van der Waals surface area contributed by atoms with Gasteiger partial charge in [-0.1, -0.05) is 6.07 Å². The Morgan fingerprint density at radius 3 is 2.50 bits per heavy atom. The highest BCUT2D eigenvalue weighted by Gasteiger charge is 2.33. The molecular formula is C12H15F3N2O. The molecule has 0 atom stereocenters. The molecule has 0 amide bonds. The summed E-state index contributed by atoms with van der Waals surface area (Å²) < 4.78 is 37.6. The molecule has 0 aliphatic carbocycles. The first-order valence-electron chi connectivity index (χ1n) is 5.91. The van der Waals surface area contributed by atoms with E-state index in [9.17, 15) is 13.2 Å². The summed E-state index contributed by atoms with van der Waals surface area (Å²) in [4.78, 5) is 5.49. The maximum atomic E-state index is 12.5. The SMILES string of the molecule is OCC1CCN(c2cccc(C(F)(F)F)n2)CC1. The minimum Gasteiger partial charge on any atom is -0.396 e. The van der Waals surface area contributed by atoms with Crippen molar-refractivity contribution in [2.24, 2.45) is 5.92 Å². The average molecular weight is 260 g/mol. The lowest BCUT2D eigenvalue weighted by Gasteiger charge is -2.32. The largest absolute Gasteiger partial charge is 0.433 e. The molecule has 1 aliphatic heterocycles. The van der Waals surface area contributed by atoms with E-state index in [1.54, 1.807) is 6.07 Å². The van der Waals surface area contributed by atoms with Gasteiger partial charge < -0.3 is 10.0 Å². The number of halogens is 3. The van der Waals surface area contributed by atoms with Gasteiger partial charge in [0.25, 0.3) is 0 Å². The lowest BCUT2D eigenvalue weighted by atomic mass is 9.98. The van der Waals surface area contributed by atoms with Crippen LogP contribution in [0.3, 0.4) is 0 Å². The minimum atomic E-state index is -4.40. The van der Waals surface area contributed by atoms with E-state index in [1.165, 1.54) is 6.07 Å². The molecule has 1 aromatic rings. The van der Waals surface area contributed by atoms with Crippen LogP contribution in [0.25, 0.3) is 0 Å². The highest BCUT2D eigenvalue weighted by Crippen LogP contribution is 2.29. The number of hydrogen-bond donors (Lipinski definition) is 1. The Morgan fingerprint density at radius 2 is 1.94 bits per heavy atom. The fourth-order valence-electron chi connectivity index (χ4n) is 2.10. The molecule has 100 valence electrons. The zero-order chi connectivity index (χ0) is 13.2. The van der Waals surface area contributed by atoms with Crippen molar-refractivity contribution in [1.29, 1.82) is 0 Å². The predicted molar refractivity (Wildman–Crippen MR) is 61.3 cm³/mol. The van der Waals surface area contributed by atoms with Gasteiger partial charge in [-0.25, -0.2) is 4.98 Å². The summed E-state index contributed by atoms with van der Waals surface area (Å²) in [5.41, 5.74) is -0.857. The summed E-state index contributed by atoms with van der Waals surface area (Å²) in [6.45, 7) is 1.42. The number of hydrogen-bond acceptors (Lipinski definition) is 3. The van der Waals surface area contributed by atoms with Crippen molar-refractivity contribution in [2.75, 3.05) is 24.6 Å². The van der Waals surface area contributed by atoms with Crippen LogP contribution in [0.15, 0.2) is 18.2 Å². The van der Waals surface area contributed by atoms with Gasteiger partial charge in [-0.15, -0.1) is 0 Å². The maximum absolute atomic E-state index is 12.5. The van der Waals surface area contributed by atoms with Crippen LogP contribution in [0.2, 0.25) is 0 Å². The van der Waals surface area contributed by atoms with E-state index >= 15 is 0 Å². The van der Waals surface area contributed by atoms with Crippen LogP contribution >= 0.6 is 0 Å². The Hall–Kier alpha value is -1.30. The van der Waals surface area contributed by atoms with E-state index < -0.39 is 11.9 Å². The molecule has 1 N–H and O–H groups in total. The molecule has 0 aromatic carbocycles. The second-order valence-corrected chi connectivity index (χ2v) is 4.49. The van der Waals surface area contributed by atoms with Crippen molar-refractivity contribution in [1.82, 2.24) is 4.98 Å². The molecule has 0 radical (unpaired) electrons. The van der Waals surface area contributed by atoms with E-state index in [1.807, 2.05) is 4.90 Å². The predicted octanol–water partition coefficient (Wildman–Crippen LogP) is 2.31. The van der Waals surface area contributed by atoms with Crippen molar-refractivity contribution in [3.63, 3.8) is 0 Å². The van der Waals surface area contributed by atoms with Crippen LogP contribution in [-0.2, 0) is 6.18 Å². The molecule has 1 saturated heterocycles. The fourth-order valence-corrected chi connectivity index (χ4v) is 2.10. The van der Waals surface area contributed by atoms with Crippen LogP contribution < -0.4 is 4.90 Å². The van der Waals surface area contributed by atoms with Crippen molar-refractivity contribution in [2.45, 2.75) is 19.0 Å². The van der Waals surface area contributed by atoms with Crippen molar-refractivity contribution in [3.05, 3.63) is 23.9 Å². The first kappa shape index (κ1) is 13.1. The van der Waals surface area contributed by atoms with Crippen LogP contribution in [-0.4, -0.2) is 29.8 Å². The van der Waals surface area contributed by atoms with E-state index in [-0.39, 0.29) is 12.5 Å². The van der Waals surface area contributed by atoms with Gasteiger partial charge in [-0.2, -0.15) is 13.2 Å². The molecule has 1 aromatic heterocycles. The van der Waals surface area contributed by atoms with Gasteiger partial charge in [0.05, 0.1) is 0 Å². The lowest BCUT2D eigenvalue weighted by molar-refractivity contribution is -0.141. The van der Waals surface area contributed by atoms with Crippen molar-refractivity contribution < 1.29 is 18.3 Å². The number of aliphatic hydroxyl groups is 1. The normalized spacial score (nSPS) is 18.1. The summed E-state index contributed by atoms with van der Waals surface area (Å²) in [5.74, 6) is 0.619. The van der Waals surface area contributed by atoms with Gasteiger partial charge >= 0.3 is 6.18 Å². The first-order chi connectivity index (χ1) is 8.50. The second kappa shape index (κ2) is 5.14. The molecule has 3 nitrogen and oxygen atoms in total. The molecule has 0 saturated carbocycles. The number of nitrogens with zero attached hydrogens (tertiary/aromatic N) is 2. The Balaban J connectivity index is 2.10. The maximum Gasteiger partial charge on any atom is 0.433 e. The van der Waals surface area contributed by atoms with Crippen molar-refractivity contribution >= 4 is 5.82 Å². The third-order valence-corrected chi connectivity index (χ3v) is 3.22. The first-order valence-corrected chi connectivity index (χ1v) is 5.91. The monoisotopic (exact) mass is 260 g/mol. The van der Waals surface area contributed by atoms with Crippen molar-refractivity contribution in [3.8, 4) is 0 Å². The number of rotatable bonds is 2. The Morgan fingerprint density at radius 1 is 1.28 bits per heavy atom. The molecule has 6 heteroatoms. The highest BCUT2D eigenvalue weighted by molar-refractivity contribution is 5.40. The number of alkyl halides is 3. The number of pyridine rings is 1. The summed E-state index contributed by atoms with van der Waals surface area (Å²) in [6.07, 6.45) is -2.83. The zero-order valence-electron chi connectivity index (χ0n) is 9.82. The van der Waals surface area contributed by atoms with Crippen LogP contribution in [0, 0.1) is 5.92 Å². The number of aromatic nitrogens is 1. The summed E-state index contributed by atoms with van der Waals surface area (Å²) >= 11 is 0. The zero-order valence-corrected chi connectivity index (χ0v) is 9.82. The molecule has 1 aliphatic rings. The topological polar surface area (TPSA) is 36.4 Å². The molecule has 2 heterocycles. The molecule has 2 rings (SSSR count). The number of piperidine rings is 1. The van der Waals surface area contributed by atoms with Gasteiger partial charge in [0.2, 0.25) is 0 Å². The molecule has 0 unspecified atom stereocenters. The fraction of sp³-hybridized carbons (Fsp3) is 0.583. The quantitative estimate of drug-likeness (QED) is 0.886. The standard InChI is InChI=1S/C12H15F3N2O/c13-12(14,15)10-2-1-3-11(16-10)17-6-4-9(8-18)5-7-17/h1-3,9,18H,4-8H2. The van der Waals surface area contributed by atoms with E-state index in [0.29, 0.717) is 18.9 Å². The molecular weight excluding hydrogens is 245 g/mol. The summed E-state index contributed by atoms with van der Waals surface area (Å²) in [5, 5.41) is 9.02.